The van der Waals surface area contributed by atoms with Gasteiger partial charge in [-0.25, -0.2) is 9.97 Å². The molecule has 0 unspecified atom stereocenters. The molecule has 0 aliphatic carbocycles. The number of hydrogen-bond donors (Lipinski definition) is 1. The van der Waals surface area contributed by atoms with Crippen molar-refractivity contribution in [2.75, 3.05) is 25.1 Å². The van der Waals surface area contributed by atoms with Gasteiger partial charge in [0.15, 0.2) is 0 Å². The highest BCUT2D eigenvalue weighted by atomic mass is 32.1. The van der Waals surface area contributed by atoms with Crippen LogP contribution in [0.25, 0.3) is 21.3 Å². The molecule has 1 N–H and O–H groups in total. The number of aliphatic hydroxyl groups is 1. The molecule has 0 fully saturated rings. The molecule has 2 aromatic heterocycles. The number of nitrogens with zero attached hydrogens (tertiary/aromatic N) is 3. The highest BCUT2D eigenvalue weighted by molar-refractivity contribution is 7.17. The Morgan fingerprint density at radius 3 is 2.67 bits per heavy atom. The zero-order chi connectivity index (χ0) is 14.8. The van der Waals surface area contributed by atoms with E-state index in [4.69, 9.17) is 0 Å². The highest BCUT2D eigenvalue weighted by Crippen LogP contribution is 2.37. The Bertz CT molecular complexity index is 755. The lowest BCUT2D eigenvalue weighted by atomic mass is 10.1. The van der Waals surface area contributed by atoms with Crippen LogP contribution >= 0.6 is 11.3 Å². The molecule has 3 rings (SSSR count). The SMILES string of the molecule is Cc1nc(N(C)CCO)c2c(-c3ccccc3)csc2n1. The molecule has 5 heteroatoms. The molecular formula is C16H17N3OS. The third kappa shape index (κ3) is 2.62. The van der Waals surface area contributed by atoms with Gasteiger partial charge < -0.3 is 10.0 Å². The first-order chi connectivity index (χ1) is 10.2. The summed E-state index contributed by atoms with van der Waals surface area (Å²) in [7, 11) is 1.95. The molecule has 0 amide bonds. The Kier molecular flexibility index (Phi) is 3.86. The fourth-order valence-corrected chi connectivity index (χ4v) is 3.38. The predicted molar refractivity (Wildman–Crippen MR) is 87.9 cm³/mol. The van der Waals surface area contributed by atoms with Gasteiger partial charge in [0.1, 0.15) is 16.5 Å². The summed E-state index contributed by atoms with van der Waals surface area (Å²) in [6.07, 6.45) is 0. The van der Waals surface area contributed by atoms with E-state index in [0.29, 0.717) is 6.54 Å². The number of aromatic nitrogens is 2. The van der Waals surface area contributed by atoms with Gasteiger partial charge in [0, 0.05) is 24.5 Å². The Balaban J connectivity index is 2.24. The van der Waals surface area contributed by atoms with Crippen LogP contribution in [0.4, 0.5) is 5.82 Å². The number of likely N-dealkylation sites (N-methyl/N-ethyl adjacent to an activating group) is 1. The molecule has 0 aliphatic rings. The molecule has 0 spiro atoms. The molecule has 3 aromatic rings. The van der Waals surface area contributed by atoms with Crippen molar-refractivity contribution in [3.05, 3.63) is 41.5 Å². The van der Waals surface area contributed by atoms with Crippen LogP contribution in [0.2, 0.25) is 0 Å². The summed E-state index contributed by atoms with van der Waals surface area (Å²) in [6, 6.07) is 10.3. The summed E-state index contributed by atoms with van der Waals surface area (Å²) >= 11 is 1.63. The minimum Gasteiger partial charge on any atom is -0.395 e. The second kappa shape index (κ2) is 5.79. The second-order valence-corrected chi connectivity index (χ2v) is 5.79. The van der Waals surface area contributed by atoms with Crippen LogP contribution in [0.15, 0.2) is 35.7 Å². The molecule has 21 heavy (non-hydrogen) atoms. The maximum atomic E-state index is 9.19. The minimum atomic E-state index is 0.103. The van der Waals surface area contributed by atoms with Crippen LogP contribution in [0, 0.1) is 6.92 Å². The third-order valence-corrected chi connectivity index (χ3v) is 4.28. The van der Waals surface area contributed by atoms with Crippen molar-refractivity contribution in [1.29, 1.82) is 0 Å². The molecule has 4 nitrogen and oxygen atoms in total. The molecule has 0 saturated heterocycles. The number of fused-ring (bicyclic) bond motifs is 1. The lowest BCUT2D eigenvalue weighted by Gasteiger charge is -2.18. The van der Waals surface area contributed by atoms with E-state index < -0.39 is 0 Å². The first kappa shape index (κ1) is 14.0. The van der Waals surface area contributed by atoms with Gasteiger partial charge in [-0.2, -0.15) is 0 Å². The van der Waals surface area contributed by atoms with E-state index >= 15 is 0 Å². The van der Waals surface area contributed by atoms with E-state index in [-0.39, 0.29) is 6.61 Å². The van der Waals surface area contributed by atoms with Gasteiger partial charge in [0.05, 0.1) is 12.0 Å². The van der Waals surface area contributed by atoms with E-state index in [1.807, 2.05) is 37.1 Å². The van der Waals surface area contributed by atoms with Crippen molar-refractivity contribution in [3.63, 3.8) is 0 Å². The van der Waals surface area contributed by atoms with Gasteiger partial charge in [-0.1, -0.05) is 30.3 Å². The number of hydrogen-bond acceptors (Lipinski definition) is 5. The second-order valence-electron chi connectivity index (χ2n) is 4.94. The monoisotopic (exact) mass is 299 g/mol. The van der Waals surface area contributed by atoms with Crippen LogP contribution in [0.1, 0.15) is 5.82 Å². The molecule has 0 bridgehead atoms. The van der Waals surface area contributed by atoms with Crippen LogP contribution in [-0.4, -0.2) is 35.3 Å². The molecule has 0 radical (unpaired) electrons. The number of anilines is 1. The fraction of sp³-hybridized carbons (Fsp3) is 0.250. The van der Waals surface area contributed by atoms with Crippen LogP contribution in [0.3, 0.4) is 0 Å². The van der Waals surface area contributed by atoms with E-state index in [9.17, 15) is 5.11 Å². The minimum absolute atomic E-state index is 0.103. The van der Waals surface area contributed by atoms with Crippen molar-refractivity contribution >= 4 is 27.4 Å². The quantitative estimate of drug-likeness (QED) is 0.804. The number of aliphatic hydroxyl groups excluding tert-OH is 1. The molecule has 0 aliphatic heterocycles. The number of aryl methyl sites for hydroxylation is 1. The summed E-state index contributed by atoms with van der Waals surface area (Å²) in [6.45, 7) is 2.55. The maximum Gasteiger partial charge on any atom is 0.141 e. The average Bonchev–Trinajstić information content (AvgIpc) is 2.91. The molecule has 0 atom stereocenters. The summed E-state index contributed by atoms with van der Waals surface area (Å²) in [5, 5.41) is 12.4. The Morgan fingerprint density at radius 1 is 1.19 bits per heavy atom. The standard InChI is InChI=1S/C16H17N3OS/c1-11-17-15(19(2)8-9-20)14-13(10-21-16(14)18-11)12-6-4-3-5-7-12/h3-7,10,20H,8-9H2,1-2H3. The zero-order valence-electron chi connectivity index (χ0n) is 12.1. The molecule has 108 valence electrons. The number of benzene rings is 1. The lowest BCUT2D eigenvalue weighted by Crippen LogP contribution is -2.22. The van der Waals surface area contributed by atoms with Crippen molar-refractivity contribution < 1.29 is 5.11 Å². The van der Waals surface area contributed by atoms with E-state index in [2.05, 4.69) is 27.5 Å². The average molecular weight is 299 g/mol. The van der Waals surface area contributed by atoms with Crippen molar-refractivity contribution in [3.8, 4) is 11.1 Å². The normalized spacial score (nSPS) is 11.0. The smallest absolute Gasteiger partial charge is 0.141 e. The Labute approximate surface area is 127 Å². The molecule has 0 saturated carbocycles. The maximum absolute atomic E-state index is 9.19. The van der Waals surface area contributed by atoms with Crippen LogP contribution in [-0.2, 0) is 0 Å². The van der Waals surface area contributed by atoms with Crippen molar-refractivity contribution in [1.82, 2.24) is 9.97 Å². The summed E-state index contributed by atoms with van der Waals surface area (Å²) < 4.78 is 0. The summed E-state index contributed by atoms with van der Waals surface area (Å²) in [5.74, 6) is 1.63. The van der Waals surface area contributed by atoms with Gasteiger partial charge in [0.25, 0.3) is 0 Å². The summed E-state index contributed by atoms with van der Waals surface area (Å²) in [5.41, 5.74) is 2.31. The van der Waals surface area contributed by atoms with E-state index in [0.717, 1.165) is 33.0 Å². The Morgan fingerprint density at radius 2 is 1.95 bits per heavy atom. The van der Waals surface area contributed by atoms with Crippen LogP contribution < -0.4 is 4.90 Å². The predicted octanol–water partition coefficient (Wildman–Crippen LogP) is 3.10. The fourth-order valence-electron chi connectivity index (χ4n) is 2.39. The van der Waals surface area contributed by atoms with Crippen molar-refractivity contribution in [2.45, 2.75) is 6.92 Å². The van der Waals surface area contributed by atoms with Crippen LogP contribution in [0.5, 0.6) is 0 Å². The van der Waals surface area contributed by atoms with Gasteiger partial charge >= 0.3 is 0 Å². The number of thiophene rings is 1. The first-order valence-electron chi connectivity index (χ1n) is 6.84. The third-order valence-electron chi connectivity index (χ3n) is 3.41. The lowest BCUT2D eigenvalue weighted by molar-refractivity contribution is 0.304. The van der Waals surface area contributed by atoms with Crippen molar-refractivity contribution in [2.24, 2.45) is 0 Å². The molecular weight excluding hydrogens is 282 g/mol. The summed E-state index contributed by atoms with van der Waals surface area (Å²) in [4.78, 5) is 12.1. The number of rotatable bonds is 4. The zero-order valence-corrected chi connectivity index (χ0v) is 12.9. The van der Waals surface area contributed by atoms with E-state index in [1.54, 1.807) is 11.3 Å². The largest absolute Gasteiger partial charge is 0.395 e. The highest BCUT2D eigenvalue weighted by Gasteiger charge is 2.16. The van der Waals surface area contributed by atoms with Gasteiger partial charge in [-0.3, -0.25) is 0 Å². The Hall–Kier alpha value is -1.98. The molecule has 1 aromatic carbocycles. The van der Waals surface area contributed by atoms with Gasteiger partial charge in [-0.05, 0) is 12.5 Å². The molecule has 2 heterocycles. The van der Waals surface area contributed by atoms with Gasteiger partial charge in [0.2, 0.25) is 0 Å². The van der Waals surface area contributed by atoms with Gasteiger partial charge in [-0.15, -0.1) is 11.3 Å². The topological polar surface area (TPSA) is 49.2 Å². The first-order valence-corrected chi connectivity index (χ1v) is 7.72. The van der Waals surface area contributed by atoms with E-state index in [1.165, 1.54) is 0 Å².